The van der Waals surface area contributed by atoms with E-state index in [4.69, 9.17) is 0 Å². The van der Waals surface area contributed by atoms with Crippen molar-refractivity contribution in [3.05, 3.63) is 59.7 Å². The number of thioether (sulfide) groups is 1. The Balaban J connectivity index is 1.62. The van der Waals surface area contributed by atoms with E-state index in [0.29, 0.717) is 5.04 Å². The van der Waals surface area contributed by atoms with Gasteiger partial charge in [0.05, 0.1) is 0 Å². The van der Waals surface area contributed by atoms with E-state index in [9.17, 15) is 9.59 Å². The molecule has 134 valence electrons. The number of benzene rings is 2. The van der Waals surface area contributed by atoms with Crippen molar-refractivity contribution in [3.63, 3.8) is 0 Å². The van der Waals surface area contributed by atoms with Gasteiger partial charge in [0.15, 0.2) is 0 Å². The standard InChI is InChI=1S/C20H21N3O2S/c1-13-6-4-5-7-16(13)21-18(24)12-17-19(25)22-20(26-17)14-8-10-15(11-9-14)23(2)3/h4-11,17H,12H2,1-3H3,(H,21,24)/t17-/m1/s1. The molecule has 1 atom stereocenters. The molecule has 26 heavy (non-hydrogen) atoms. The van der Waals surface area contributed by atoms with E-state index < -0.39 is 5.25 Å². The normalized spacial score (nSPS) is 16.3. The fraction of sp³-hybridized carbons (Fsp3) is 0.250. The molecule has 0 saturated heterocycles. The maximum atomic E-state index is 12.3. The summed E-state index contributed by atoms with van der Waals surface area (Å²) in [4.78, 5) is 30.6. The molecule has 1 aliphatic rings. The van der Waals surface area contributed by atoms with E-state index in [1.807, 2.05) is 74.4 Å². The average Bonchev–Trinajstić information content (AvgIpc) is 2.97. The van der Waals surface area contributed by atoms with Gasteiger partial charge in [-0.3, -0.25) is 9.59 Å². The summed E-state index contributed by atoms with van der Waals surface area (Å²) in [6.45, 7) is 1.93. The van der Waals surface area contributed by atoms with Gasteiger partial charge in [0.2, 0.25) is 5.91 Å². The van der Waals surface area contributed by atoms with Crippen molar-refractivity contribution in [2.75, 3.05) is 24.3 Å². The quantitative estimate of drug-likeness (QED) is 0.879. The lowest BCUT2D eigenvalue weighted by molar-refractivity contribution is -0.121. The molecule has 1 N–H and O–H groups in total. The van der Waals surface area contributed by atoms with Crippen LogP contribution in [0.2, 0.25) is 0 Å². The van der Waals surface area contributed by atoms with Gasteiger partial charge in [-0.25, -0.2) is 4.99 Å². The van der Waals surface area contributed by atoms with Crippen LogP contribution in [0.3, 0.4) is 0 Å². The zero-order valence-corrected chi connectivity index (χ0v) is 15.8. The molecular formula is C20H21N3O2S. The topological polar surface area (TPSA) is 61.8 Å². The van der Waals surface area contributed by atoms with Gasteiger partial charge in [-0.05, 0) is 30.7 Å². The van der Waals surface area contributed by atoms with E-state index in [1.165, 1.54) is 11.8 Å². The van der Waals surface area contributed by atoms with E-state index in [2.05, 4.69) is 10.3 Å². The first-order valence-electron chi connectivity index (χ1n) is 8.36. The van der Waals surface area contributed by atoms with Crippen molar-refractivity contribution >= 4 is 40.0 Å². The number of carbonyl (C=O) groups is 2. The molecule has 1 heterocycles. The third-order valence-corrected chi connectivity index (χ3v) is 5.36. The number of anilines is 2. The molecule has 0 bridgehead atoms. The smallest absolute Gasteiger partial charge is 0.260 e. The second kappa shape index (κ2) is 7.74. The summed E-state index contributed by atoms with van der Waals surface area (Å²) in [7, 11) is 3.95. The minimum absolute atomic E-state index is 0.112. The predicted molar refractivity (Wildman–Crippen MR) is 108 cm³/mol. The number of hydrogen-bond donors (Lipinski definition) is 1. The molecule has 1 aliphatic heterocycles. The number of carbonyl (C=O) groups excluding carboxylic acids is 2. The highest BCUT2D eigenvalue weighted by Crippen LogP contribution is 2.30. The highest BCUT2D eigenvalue weighted by molar-refractivity contribution is 8.16. The molecule has 2 aromatic rings. The van der Waals surface area contributed by atoms with E-state index in [0.717, 1.165) is 22.5 Å². The van der Waals surface area contributed by atoms with Crippen molar-refractivity contribution in [1.29, 1.82) is 0 Å². The van der Waals surface area contributed by atoms with Gasteiger partial charge in [-0.15, -0.1) is 0 Å². The van der Waals surface area contributed by atoms with Crippen molar-refractivity contribution in [2.24, 2.45) is 4.99 Å². The third kappa shape index (κ3) is 4.14. The number of amides is 2. The molecule has 0 aliphatic carbocycles. The summed E-state index contributed by atoms with van der Waals surface area (Å²) in [6.07, 6.45) is 0.112. The first kappa shape index (κ1) is 18.2. The zero-order valence-electron chi connectivity index (χ0n) is 15.0. The molecule has 0 radical (unpaired) electrons. The highest BCUT2D eigenvalue weighted by atomic mass is 32.2. The number of nitrogens with zero attached hydrogens (tertiary/aromatic N) is 2. The van der Waals surface area contributed by atoms with Gasteiger partial charge in [0.25, 0.3) is 5.91 Å². The van der Waals surface area contributed by atoms with Crippen LogP contribution in [-0.4, -0.2) is 36.2 Å². The van der Waals surface area contributed by atoms with Gasteiger partial charge in [-0.1, -0.05) is 42.1 Å². The number of hydrogen-bond acceptors (Lipinski definition) is 4. The Hall–Kier alpha value is -2.60. The van der Waals surface area contributed by atoms with Gasteiger partial charge in [0.1, 0.15) is 10.3 Å². The lowest BCUT2D eigenvalue weighted by Crippen LogP contribution is -2.21. The summed E-state index contributed by atoms with van der Waals surface area (Å²) >= 11 is 1.36. The van der Waals surface area contributed by atoms with Crippen molar-refractivity contribution < 1.29 is 9.59 Å². The molecule has 0 aromatic heterocycles. The van der Waals surface area contributed by atoms with Gasteiger partial charge in [-0.2, -0.15) is 0 Å². The van der Waals surface area contributed by atoms with Crippen LogP contribution in [0.15, 0.2) is 53.5 Å². The molecule has 2 aromatic carbocycles. The van der Waals surface area contributed by atoms with Crippen LogP contribution in [0.25, 0.3) is 0 Å². The largest absolute Gasteiger partial charge is 0.378 e. The van der Waals surface area contributed by atoms with E-state index in [1.54, 1.807) is 0 Å². The van der Waals surface area contributed by atoms with E-state index >= 15 is 0 Å². The average molecular weight is 367 g/mol. The van der Waals surface area contributed by atoms with Crippen LogP contribution < -0.4 is 10.2 Å². The van der Waals surface area contributed by atoms with E-state index in [-0.39, 0.29) is 18.2 Å². The molecule has 2 amide bonds. The van der Waals surface area contributed by atoms with Gasteiger partial charge >= 0.3 is 0 Å². The Labute approximate surface area is 157 Å². The van der Waals surface area contributed by atoms with Gasteiger partial charge < -0.3 is 10.2 Å². The van der Waals surface area contributed by atoms with Crippen molar-refractivity contribution in [2.45, 2.75) is 18.6 Å². The Morgan fingerprint density at radius 3 is 2.50 bits per heavy atom. The fourth-order valence-corrected chi connectivity index (χ4v) is 3.70. The first-order valence-corrected chi connectivity index (χ1v) is 9.24. The summed E-state index contributed by atoms with van der Waals surface area (Å²) in [5.74, 6) is -0.425. The molecule has 0 unspecified atom stereocenters. The second-order valence-corrected chi connectivity index (χ2v) is 7.56. The Morgan fingerprint density at radius 1 is 1.15 bits per heavy atom. The van der Waals surface area contributed by atoms with Crippen LogP contribution in [-0.2, 0) is 9.59 Å². The highest BCUT2D eigenvalue weighted by Gasteiger charge is 2.31. The lowest BCUT2D eigenvalue weighted by Gasteiger charge is -2.12. The maximum Gasteiger partial charge on any atom is 0.260 e. The summed E-state index contributed by atoms with van der Waals surface area (Å²) in [5.41, 5.74) is 3.74. The number of para-hydroxylation sites is 1. The zero-order chi connectivity index (χ0) is 18.7. The molecule has 5 nitrogen and oxygen atoms in total. The van der Waals surface area contributed by atoms with Crippen LogP contribution in [0.5, 0.6) is 0 Å². The predicted octanol–water partition coefficient (Wildman–Crippen LogP) is 3.48. The molecule has 6 heteroatoms. The number of aryl methyl sites for hydroxylation is 1. The summed E-state index contributed by atoms with van der Waals surface area (Å²) < 4.78 is 0. The first-order chi connectivity index (χ1) is 12.4. The summed E-state index contributed by atoms with van der Waals surface area (Å²) in [6, 6.07) is 15.4. The number of nitrogens with one attached hydrogen (secondary N) is 1. The van der Waals surface area contributed by atoms with Crippen molar-refractivity contribution in [3.8, 4) is 0 Å². The Bertz CT molecular complexity index is 860. The van der Waals surface area contributed by atoms with Crippen LogP contribution in [0.1, 0.15) is 17.5 Å². The van der Waals surface area contributed by atoms with Gasteiger partial charge in [0, 0.05) is 37.5 Å². The third-order valence-electron chi connectivity index (χ3n) is 4.16. The number of rotatable bonds is 5. The fourth-order valence-electron chi connectivity index (χ4n) is 2.63. The van der Waals surface area contributed by atoms with Crippen LogP contribution in [0.4, 0.5) is 11.4 Å². The summed E-state index contributed by atoms with van der Waals surface area (Å²) in [5, 5.41) is 3.08. The minimum atomic E-state index is -0.470. The monoisotopic (exact) mass is 367 g/mol. The molecule has 0 saturated carbocycles. The number of aliphatic imine (C=N–C) groups is 1. The SMILES string of the molecule is Cc1ccccc1NC(=O)C[C@H]1SC(c2ccc(N(C)C)cc2)=NC1=O. The second-order valence-electron chi connectivity index (χ2n) is 6.37. The molecule has 3 rings (SSSR count). The van der Waals surface area contributed by atoms with Crippen LogP contribution in [0, 0.1) is 6.92 Å². The maximum absolute atomic E-state index is 12.3. The Kier molecular flexibility index (Phi) is 5.42. The molecule has 0 fully saturated rings. The lowest BCUT2D eigenvalue weighted by atomic mass is 10.2. The molecular weight excluding hydrogens is 346 g/mol. The molecule has 0 spiro atoms. The minimum Gasteiger partial charge on any atom is -0.378 e. The van der Waals surface area contributed by atoms with Crippen molar-refractivity contribution in [1.82, 2.24) is 0 Å². The van der Waals surface area contributed by atoms with Crippen LogP contribution >= 0.6 is 11.8 Å². The Morgan fingerprint density at radius 2 is 1.85 bits per heavy atom.